The highest BCUT2D eigenvalue weighted by atomic mass is 16.5. The molecule has 3 saturated heterocycles. The fourth-order valence-corrected chi connectivity index (χ4v) is 5.73. The van der Waals surface area contributed by atoms with Crippen LogP contribution in [0.2, 0.25) is 0 Å². The minimum absolute atomic E-state index is 0.0328. The number of fused-ring (bicyclic) bond motifs is 2. The normalized spacial score (nSPS) is 29.6. The van der Waals surface area contributed by atoms with Gasteiger partial charge in [0.15, 0.2) is 5.65 Å². The largest absolute Gasteiger partial charge is 0.396 e. The van der Waals surface area contributed by atoms with Crippen LogP contribution >= 0.6 is 0 Å². The number of hydrogen-bond acceptors (Lipinski definition) is 5. The van der Waals surface area contributed by atoms with Gasteiger partial charge in [-0.05, 0) is 24.5 Å². The van der Waals surface area contributed by atoms with Crippen LogP contribution in [0.25, 0.3) is 11.2 Å². The van der Waals surface area contributed by atoms with Gasteiger partial charge < -0.3 is 19.3 Å². The van der Waals surface area contributed by atoms with Gasteiger partial charge in [0.1, 0.15) is 5.52 Å². The van der Waals surface area contributed by atoms with Crippen LogP contribution in [0.3, 0.4) is 0 Å². The molecule has 4 atom stereocenters. The molecule has 0 radical (unpaired) electrons. The molecule has 1 aromatic carbocycles. The summed E-state index contributed by atoms with van der Waals surface area (Å²) in [6.45, 7) is 2.06. The summed E-state index contributed by atoms with van der Waals surface area (Å²) in [6.07, 6.45) is 5.54. The van der Waals surface area contributed by atoms with Crippen LogP contribution in [0.1, 0.15) is 28.8 Å². The van der Waals surface area contributed by atoms with Crippen molar-refractivity contribution in [1.29, 1.82) is 0 Å². The minimum atomic E-state index is -0.261. The first-order valence-electron chi connectivity index (χ1n) is 10.6. The number of aliphatic hydroxyl groups is 1. The van der Waals surface area contributed by atoms with Crippen molar-refractivity contribution in [3.63, 3.8) is 0 Å². The highest BCUT2D eigenvalue weighted by Gasteiger charge is 2.63. The Morgan fingerprint density at radius 1 is 1.27 bits per heavy atom. The lowest BCUT2D eigenvalue weighted by Crippen LogP contribution is -2.38. The number of ether oxygens (including phenoxy) is 1. The van der Waals surface area contributed by atoms with Gasteiger partial charge in [0.05, 0.1) is 36.7 Å². The zero-order valence-corrected chi connectivity index (χ0v) is 16.6. The number of nitrogens with zero attached hydrogens (tertiary/aromatic N) is 4. The van der Waals surface area contributed by atoms with Crippen LogP contribution in [0, 0.1) is 11.8 Å². The fourth-order valence-electron chi connectivity index (χ4n) is 5.73. The second-order valence-electron chi connectivity index (χ2n) is 8.82. The zero-order valence-electron chi connectivity index (χ0n) is 16.6. The fraction of sp³-hybridized carbons (Fsp3) is 0.435. The Morgan fingerprint density at radius 2 is 2.13 bits per heavy atom. The van der Waals surface area contributed by atoms with Crippen molar-refractivity contribution < 1.29 is 14.6 Å². The average molecular weight is 404 g/mol. The lowest BCUT2D eigenvalue weighted by molar-refractivity contribution is 0.00154. The molecule has 6 rings (SSSR count). The molecule has 5 heterocycles. The number of benzene rings is 1. The van der Waals surface area contributed by atoms with Gasteiger partial charge in [-0.1, -0.05) is 30.3 Å². The maximum Gasteiger partial charge on any atom is 0.255 e. The summed E-state index contributed by atoms with van der Waals surface area (Å²) in [4.78, 5) is 24.1. The van der Waals surface area contributed by atoms with Crippen LogP contribution < -0.4 is 0 Å². The monoisotopic (exact) mass is 404 g/mol. The van der Waals surface area contributed by atoms with E-state index in [0.29, 0.717) is 25.2 Å². The molecule has 7 nitrogen and oxygen atoms in total. The van der Waals surface area contributed by atoms with Gasteiger partial charge in [-0.25, -0.2) is 9.97 Å². The van der Waals surface area contributed by atoms with Crippen LogP contribution in [-0.4, -0.2) is 61.9 Å². The summed E-state index contributed by atoms with van der Waals surface area (Å²) < 4.78 is 8.25. The number of rotatable bonds is 4. The van der Waals surface area contributed by atoms with E-state index < -0.39 is 0 Å². The average Bonchev–Trinajstić information content (AvgIpc) is 3.52. The first kappa shape index (κ1) is 18.0. The Bertz CT molecular complexity index is 1110. The summed E-state index contributed by atoms with van der Waals surface area (Å²) in [5, 5.41) is 9.80. The van der Waals surface area contributed by atoms with Crippen molar-refractivity contribution >= 4 is 17.1 Å². The Hall–Kier alpha value is -2.77. The van der Waals surface area contributed by atoms with Crippen LogP contribution in [0.4, 0.5) is 0 Å². The van der Waals surface area contributed by atoms with E-state index in [0.717, 1.165) is 24.0 Å². The molecule has 30 heavy (non-hydrogen) atoms. The molecule has 3 aliphatic rings. The van der Waals surface area contributed by atoms with Gasteiger partial charge in [0.2, 0.25) is 0 Å². The van der Waals surface area contributed by atoms with E-state index in [1.165, 1.54) is 5.56 Å². The number of likely N-dealkylation sites (tertiary alicyclic amines) is 1. The Balaban J connectivity index is 1.24. The summed E-state index contributed by atoms with van der Waals surface area (Å²) in [6, 6.07) is 12.0. The molecule has 3 fully saturated rings. The maximum atomic E-state index is 13.2. The SMILES string of the molecule is O=C(c1cnc2c(c1)ncn2Cc1ccccc1)N1C[C@H]2[C@@H](CO)[C@@H]3CC[C@@]2(C1)O3. The predicted molar refractivity (Wildman–Crippen MR) is 110 cm³/mol. The molecule has 0 aliphatic carbocycles. The van der Waals surface area contributed by atoms with Crippen molar-refractivity contribution in [2.24, 2.45) is 11.8 Å². The zero-order chi connectivity index (χ0) is 20.3. The third-order valence-electron chi connectivity index (χ3n) is 7.18. The smallest absolute Gasteiger partial charge is 0.255 e. The number of carbonyl (C=O) groups is 1. The number of carbonyl (C=O) groups excluding carboxylic acids is 1. The van der Waals surface area contributed by atoms with Gasteiger partial charge >= 0.3 is 0 Å². The van der Waals surface area contributed by atoms with Crippen LogP contribution in [-0.2, 0) is 11.3 Å². The van der Waals surface area contributed by atoms with Crippen LogP contribution in [0.5, 0.6) is 0 Å². The predicted octanol–water partition coefficient (Wildman–Crippen LogP) is 2.09. The highest BCUT2D eigenvalue weighted by molar-refractivity contribution is 5.96. The lowest BCUT2D eigenvalue weighted by Gasteiger charge is -2.27. The van der Waals surface area contributed by atoms with E-state index in [9.17, 15) is 9.90 Å². The van der Waals surface area contributed by atoms with Crippen molar-refractivity contribution in [2.45, 2.75) is 31.1 Å². The molecule has 1 N–H and O–H groups in total. The van der Waals surface area contributed by atoms with E-state index in [1.54, 1.807) is 12.5 Å². The Kier molecular flexibility index (Phi) is 3.98. The minimum Gasteiger partial charge on any atom is -0.396 e. The second-order valence-corrected chi connectivity index (χ2v) is 8.82. The van der Waals surface area contributed by atoms with E-state index in [-0.39, 0.29) is 36.1 Å². The molecular weight excluding hydrogens is 380 g/mol. The topological polar surface area (TPSA) is 80.5 Å². The molecular formula is C23H24N4O3. The standard InChI is InChI=1S/C23H24N4O3/c28-12-17-18-11-26(13-23(18)7-6-20(17)30-23)22(29)16-8-19-21(24-9-16)27(14-25-19)10-15-4-2-1-3-5-15/h1-5,8-9,14,17-18,20,28H,6-7,10-13H2/t17-,18+,20+,23+/m1/s1. The summed E-state index contributed by atoms with van der Waals surface area (Å²) in [5.74, 6) is 0.340. The summed E-state index contributed by atoms with van der Waals surface area (Å²) in [7, 11) is 0. The van der Waals surface area contributed by atoms with E-state index in [4.69, 9.17) is 4.74 Å². The Labute approximate surface area is 174 Å². The number of amides is 1. The van der Waals surface area contributed by atoms with Crippen LogP contribution in [0.15, 0.2) is 48.9 Å². The number of pyridine rings is 1. The van der Waals surface area contributed by atoms with E-state index in [1.807, 2.05) is 33.7 Å². The molecule has 2 aromatic heterocycles. The first-order valence-corrected chi connectivity index (χ1v) is 10.6. The van der Waals surface area contributed by atoms with Crippen molar-refractivity contribution in [1.82, 2.24) is 19.4 Å². The van der Waals surface area contributed by atoms with Crippen molar-refractivity contribution in [2.75, 3.05) is 19.7 Å². The van der Waals surface area contributed by atoms with Gasteiger partial charge in [0, 0.05) is 31.2 Å². The molecule has 1 amide bonds. The number of imidazole rings is 1. The van der Waals surface area contributed by atoms with E-state index >= 15 is 0 Å². The van der Waals surface area contributed by atoms with Gasteiger partial charge in [-0.15, -0.1) is 0 Å². The molecule has 0 unspecified atom stereocenters. The van der Waals surface area contributed by atoms with Crippen molar-refractivity contribution in [3.05, 3.63) is 60.0 Å². The maximum absolute atomic E-state index is 13.2. The molecule has 1 spiro atoms. The summed E-state index contributed by atoms with van der Waals surface area (Å²) in [5.41, 5.74) is 2.96. The van der Waals surface area contributed by atoms with Gasteiger partial charge in [-0.2, -0.15) is 0 Å². The van der Waals surface area contributed by atoms with Gasteiger partial charge in [-0.3, -0.25) is 4.79 Å². The molecule has 7 heteroatoms. The number of hydrogen-bond donors (Lipinski definition) is 1. The van der Waals surface area contributed by atoms with Gasteiger partial charge in [0.25, 0.3) is 5.91 Å². The summed E-state index contributed by atoms with van der Waals surface area (Å²) >= 11 is 0. The Morgan fingerprint density at radius 3 is 2.97 bits per heavy atom. The molecule has 0 saturated carbocycles. The molecule has 3 aromatic rings. The third kappa shape index (κ3) is 2.62. The molecule has 2 bridgehead atoms. The molecule has 3 aliphatic heterocycles. The quantitative estimate of drug-likeness (QED) is 0.720. The van der Waals surface area contributed by atoms with Crippen molar-refractivity contribution in [3.8, 4) is 0 Å². The first-order chi connectivity index (χ1) is 14.7. The molecule has 154 valence electrons. The second kappa shape index (κ2) is 6.62. The number of aliphatic hydroxyl groups excluding tert-OH is 1. The highest BCUT2D eigenvalue weighted by Crippen LogP contribution is 2.54. The number of aromatic nitrogens is 3. The van der Waals surface area contributed by atoms with E-state index in [2.05, 4.69) is 22.1 Å². The third-order valence-corrected chi connectivity index (χ3v) is 7.18. The lowest BCUT2D eigenvalue weighted by atomic mass is 9.74.